The third-order valence-electron chi connectivity index (χ3n) is 1.80. The molecule has 0 aromatic heterocycles. The Bertz CT molecular complexity index is 307. The van der Waals surface area contributed by atoms with Gasteiger partial charge in [-0.2, -0.15) is 0 Å². The van der Waals surface area contributed by atoms with E-state index in [1.54, 1.807) is 0 Å². The highest BCUT2D eigenvalue weighted by Crippen LogP contribution is 2.02. The minimum Gasteiger partial charge on any atom is -0.478 e. The highest BCUT2D eigenvalue weighted by Gasteiger charge is 2.04. The fourth-order valence-corrected chi connectivity index (χ4v) is 0.744. The first-order valence-electron chi connectivity index (χ1n) is 5.31. The molecule has 18 heavy (non-hydrogen) atoms. The molecule has 0 aliphatic carbocycles. The number of carboxylic acids is 2. The standard InChI is InChI=1S/C8H14O4.C4H6O2/c1-6(8(11)12)5-7(10)3-2-4-9;1-3(2)4(5)6/h5,7,9-10H,2-4H2,1H3,(H,11,12);1H2,2H3,(H,5,6). The lowest BCUT2D eigenvalue weighted by molar-refractivity contribution is -0.133. The fourth-order valence-electron chi connectivity index (χ4n) is 0.744. The molecule has 0 spiro atoms. The molecule has 0 amide bonds. The minimum atomic E-state index is -1.03. The Morgan fingerprint density at radius 3 is 1.94 bits per heavy atom. The molecule has 1 atom stereocenters. The van der Waals surface area contributed by atoms with E-state index < -0.39 is 18.0 Å². The maximum Gasteiger partial charge on any atom is 0.331 e. The fraction of sp³-hybridized carbons (Fsp3) is 0.500. The molecule has 0 rings (SSSR count). The van der Waals surface area contributed by atoms with Gasteiger partial charge in [0, 0.05) is 17.8 Å². The van der Waals surface area contributed by atoms with Crippen molar-refractivity contribution in [3.05, 3.63) is 23.8 Å². The molecular formula is C12H20O6. The van der Waals surface area contributed by atoms with Gasteiger partial charge in [0.1, 0.15) is 0 Å². The quantitative estimate of drug-likeness (QED) is 0.525. The molecule has 0 aliphatic heterocycles. The third-order valence-corrected chi connectivity index (χ3v) is 1.80. The molecular weight excluding hydrogens is 240 g/mol. The van der Waals surface area contributed by atoms with E-state index in [4.69, 9.17) is 20.4 Å². The van der Waals surface area contributed by atoms with E-state index in [-0.39, 0.29) is 17.8 Å². The van der Waals surface area contributed by atoms with Gasteiger partial charge in [-0.15, -0.1) is 0 Å². The summed E-state index contributed by atoms with van der Waals surface area (Å²) in [5.74, 6) is -1.96. The second-order valence-electron chi connectivity index (χ2n) is 3.67. The van der Waals surface area contributed by atoms with Crippen LogP contribution in [0.4, 0.5) is 0 Å². The molecule has 0 aromatic rings. The summed E-state index contributed by atoms with van der Waals surface area (Å²) in [5, 5.41) is 33.9. The number of aliphatic hydroxyl groups is 2. The molecule has 1 unspecified atom stereocenters. The van der Waals surface area contributed by atoms with E-state index in [9.17, 15) is 9.59 Å². The summed E-state index contributed by atoms with van der Waals surface area (Å²) < 4.78 is 0. The molecule has 6 nitrogen and oxygen atoms in total. The maximum atomic E-state index is 10.3. The molecule has 0 saturated carbocycles. The minimum absolute atomic E-state index is 0.0109. The number of rotatable bonds is 6. The van der Waals surface area contributed by atoms with E-state index in [0.29, 0.717) is 12.8 Å². The zero-order chi connectivity index (χ0) is 14.7. The van der Waals surface area contributed by atoms with Crippen molar-refractivity contribution in [2.45, 2.75) is 32.8 Å². The Labute approximate surface area is 106 Å². The lowest BCUT2D eigenvalue weighted by Gasteiger charge is -2.03. The van der Waals surface area contributed by atoms with Crippen molar-refractivity contribution in [3.63, 3.8) is 0 Å². The highest BCUT2D eigenvalue weighted by atomic mass is 16.4. The van der Waals surface area contributed by atoms with Gasteiger partial charge in [0.25, 0.3) is 0 Å². The van der Waals surface area contributed by atoms with Gasteiger partial charge in [-0.1, -0.05) is 6.58 Å². The van der Waals surface area contributed by atoms with Crippen LogP contribution in [0.5, 0.6) is 0 Å². The predicted molar refractivity (Wildman–Crippen MR) is 66.2 cm³/mol. The number of aliphatic hydroxyl groups excluding tert-OH is 2. The maximum absolute atomic E-state index is 10.3. The number of carbonyl (C=O) groups is 2. The van der Waals surface area contributed by atoms with Crippen LogP contribution in [0.1, 0.15) is 26.7 Å². The SMILES string of the molecule is C=C(C)C(=O)O.CC(=CC(O)CCCO)C(=O)O. The van der Waals surface area contributed by atoms with Gasteiger partial charge in [-0.05, 0) is 32.8 Å². The van der Waals surface area contributed by atoms with Crippen LogP contribution in [0.3, 0.4) is 0 Å². The lowest BCUT2D eigenvalue weighted by atomic mass is 10.1. The van der Waals surface area contributed by atoms with E-state index in [0.717, 1.165) is 0 Å². The largest absolute Gasteiger partial charge is 0.478 e. The van der Waals surface area contributed by atoms with Crippen LogP contribution in [0.2, 0.25) is 0 Å². The van der Waals surface area contributed by atoms with Gasteiger partial charge in [0.2, 0.25) is 0 Å². The highest BCUT2D eigenvalue weighted by molar-refractivity contribution is 5.85. The van der Waals surface area contributed by atoms with Gasteiger partial charge >= 0.3 is 11.9 Å². The van der Waals surface area contributed by atoms with E-state index >= 15 is 0 Å². The molecule has 4 N–H and O–H groups in total. The zero-order valence-corrected chi connectivity index (χ0v) is 10.6. The number of aliphatic carboxylic acids is 2. The van der Waals surface area contributed by atoms with Crippen LogP contribution in [0.15, 0.2) is 23.8 Å². The van der Waals surface area contributed by atoms with Gasteiger partial charge in [0.15, 0.2) is 0 Å². The van der Waals surface area contributed by atoms with Crippen molar-refractivity contribution < 1.29 is 30.0 Å². The number of carboxylic acid groups (broad SMARTS) is 2. The molecule has 104 valence electrons. The lowest BCUT2D eigenvalue weighted by Crippen LogP contribution is -2.07. The summed E-state index contributed by atoms with van der Waals surface area (Å²) >= 11 is 0. The molecule has 0 heterocycles. The predicted octanol–water partition coefficient (Wildman–Crippen LogP) is 0.798. The zero-order valence-electron chi connectivity index (χ0n) is 10.6. The number of hydrogen-bond acceptors (Lipinski definition) is 4. The van der Waals surface area contributed by atoms with Crippen LogP contribution in [-0.4, -0.2) is 45.1 Å². The van der Waals surface area contributed by atoms with Crippen molar-refractivity contribution >= 4 is 11.9 Å². The van der Waals surface area contributed by atoms with E-state index in [1.165, 1.54) is 19.9 Å². The molecule has 6 heteroatoms. The van der Waals surface area contributed by atoms with Gasteiger partial charge in [0.05, 0.1) is 6.10 Å². The van der Waals surface area contributed by atoms with Crippen molar-refractivity contribution in [1.82, 2.24) is 0 Å². The van der Waals surface area contributed by atoms with Crippen molar-refractivity contribution in [3.8, 4) is 0 Å². The monoisotopic (exact) mass is 260 g/mol. The first-order valence-corrected chi connectivity index (χ1v) is 5.31. The summed E-state index contributed by atoms with van der Waals surface area (Å²) in [4.78, 5) is 19.9. The summed E-state index contributed by atoms with van der Waals surface area (Å²) in [7, 11) is 0. The van der Waals surface area contributed by atoms with E-state index in [2.05, 4.69) is 6.58 Å². The van der Waals surface area contributed by atoms with Crippen LogP contribution in [0.25, 0.3) is 0 Å². The van der Waals surface area contributed by atoms with Crippen LogP contribution < -0.4 is 0 Å². The first-order chi connectivity index (χ1) is 8.22. The van der Waals surface area contributed by atoms with Crippen LogP contribution in [0, 0.1) is 0 Å². The molecule has 0 aliphatic rings. The molecule has 0 fully saturated rings. The van der Waals surface area contributed by atoms with Crippen molar-refractivity contribution in [1.29, 1.82) is 0 Å². The number of hydrogen-bond donors (Lipinski definition) is 4. The second kappa shape index (κ2) is 10.5. The van der Waals surface area contributed by atoms with Crippen LogP contribution >= 0.6 is 0 Å². The average Bonchev–Trinajstić information content (AvgIpc) is 2.26. The Balaban J connectivity index is 0. The summed E-state index contributed by atoms with van der Waals surface area (Å²) in [6.07, 6.45) is 1.37. The summed E-state index contributed by atoms with van der Waals surface area (Å²) in [6, 6.07) is 0. The van der Waals surface area contributed by atoms with E-state index in [1.807, 2.05) is 0 Å². The average molecular weight is 260 g/mol. The van der Waals surface area contributed by atoms with Crippen LogP contribution in [-0.2, 0) is 9.59 Å². The smallest absolute Gasteiger partial charge is 0.331 e. The van der Waals surface area contributed by atoms with Crippen molar-refractivity contribution in [2.75, 3.05) is 6.61 Å². The molecule has 0 saturated heterocycles. The normalized spacial score (nSPS) is 12.1. The van der Waals surface area contributed by atoms with Gasteiger partial charge < -0.3 is 20.4 Å². The molecule has 0 aromatic carbocycles. The first kappa shape index (κ1) is 18.7. The Hall–Kier alpha value is -1.66. The van der Waals surface area contributed by atoms with Crippen molar-refractivity contribution in [2.24, 2.45) is 0 Å². The Morgan fingerprint density at radius 2 is 1.67 bits per heavy atom. The summed E-state index contributed by atoms with van der Waals surface area (Å²) in [5.41, 5.74) is 0.301. The van der Waals surface area contributed by atoms with Gasteiger partial charge in [-0.25, -0.2) is 9.59 Å². The molecule has 0 bridgehead atoms. The Kier molecular flexibility index (Phi) is 10.9. The topological polar surface area (TPSA) is 115 Å². The molecule has 0 radical (unpaired) electrons. The third kappa shape index (κ3) is 12.4. The summed E-state index contributed by atoms with van der Waals surface area (Å²) in [6.45, 7) is 6.03. The van der Waals surface area contributed by atoms with Gasteiger partial charge in [-0.3, -0.25) is 0 Å². The Morgan fingerprint density at radius 1 is 1.22 bits per heavy atom. The second-order valence-corrected chi connectivity index (χ2v) is 3.67.